The Bertz CT molecular complexity index is 450. The quantitative estimate of drug-likeness (QED) is 0.897. The molecule has 1 aliphatic rings. The second-order valence-electron chi connectivity index (χ2n) is 7.23. The molecule has 0 aliphatic carbocycles. The molecule has 1 aromatic carbocycles. The maximum atomic E-state index is 3.74. The van der Waals surface area contributed by atoms with Crippen molar-refractivity contribution in [2.75, 3.05) is 43.0 Å². The molecule has 1 N–H and O–H groups in total. The first-order valence-electron chi connectivity index (χ1n) is 8.22. The maximum Gasteiger partial charge on any atom is 0.0605 e. The molecule has 1 heterocycles. The fourth-order valence-corrected chi connectivity index (χ4v) is 2.94. The van der Waals surface area contributed by atoms with Crippen molar-refractivity contribution in [3.63, 3.8) is 0 Å². The first kappa shape index (κ1) is 16.2. The van der Waals surface area contributed by atoms with Gasteiger partial charge in [0.15, 0.2) is 0 Å². The van der Waals surface area contributed by atoms with Crippen LogP contribution in [0.4, 0.5) is 11.4 Å². The zero-order valence-electron chi connectivity index (χ0n) is 14.3. The van der Waals surface area contributed by atoms with Gasteiger partial charge in [0, 0.05) is 32.7 Å². The highest BCUT2D eigenvalue weighted by Crippen LogP contribution is 2.33. The molecule has 1 aliphatic heterocycles. The molecule has 1 unspecified atom stereocenters. The van der Waals surface area contributed by atoms with Crippen LogP contribution in [0.3, 0.4) is 0 Å². The summed E-state index contributed by atoms with van der Waals surface area (Å²) in [5.41, 5.74) is 3.00. The van der Waals surface area contributed by atoms with Gasteiger partial charge >= 0.3 is 0 Å². The van der Waals surface area contributed by atoms with E-state index in [0.717, 1.165) is 26.2 Å². The van der Waals surface area contributed by atoms with Crippen LogP contribution in [0.1, 0.15) is 34.1 Å². The Morgan fingerprint density at radius 2 is 1.81 bits per heavy atom. The monoisotopic (exact) mass is 289 g/mol. The minimum absolute atomic E-state index is 0.271. The summed E-state index contributed by atoms with van der Waals surface area (Å²) in [4.78, 5) is 4.91. The zero-order chi connectivity index (χ0) is 15.5. The van der Waals surface area contributed by atoms with Gasteiger partial charge in [0.05, 0.1) is 11.4 Å². The van der Waals surface area contributed by atoms with E-state index >= 15 is 0 Å². The summed E-state index contributed by atoms with van der Waals surface area (Å²) < 4.78 is 0. The Morgan fingerprint density at radius 1 is 1.14 bits per heavy atom. The van der Waals surface area contributed by atoms with E-state index in [4.69, 9.17) is 0 Å². The molecule has 21 heavy (non-hydrogen) atoms. The molecule has 0 fully saturated rings. The van der Waals surface area contributed by atoms with Crippen LogP contribution < -0.4 is 15.1 Å². The Morgan fingerprint density at radius 3 is 2.43 bits per heavy atom. The predicted octanol–water partition coefficient (Wildman–Crippen LogP) is 3.36. The van der Waals surface area contributed by atoms with E-state index in [-0.39, 0.29) is 5.41 Å². The molecule has 0 aromatic heterocycles. The maximum absolute atomic E-state index is 3.74. The third-order valence-electron chi connectivity index (χ3n) is 4.43. The number of nitrogens with one attached hydrogen (secondary N) is 1. The van der Waals surface area contributed by atoms with Gasteiger partial charge in [-0.1, -0.05) is 39.8 Å². The van der Waals surface area contributed by atoms with Gasteiger partial charge in [0.2, 0.25) is 0 Å². The molecule has 0 bridgehead atoms. The normalized spacial score (nSPS) is 16.8. The second kappa shape index (κ2) is 6.69. The van der Waals surface area contributed by atoms with Gasteiger partial charge in [0.1, 0.15) is 0 Å². The molecule has 1 aromatic rings. The van der Waals surface area contributed by atoms with Crippen LogP contribution in [0, 0.1) is 5.41 Å². The van der Waals surface area contributed by atoms with Gasteiger partial charge in [-0.2, -0.15) is 0 Å². The molecule has 2 rings (SSSR count). The molecule has 0 saturated carbocycles. The second-order valence-corrected chi connectivity index (χ2v) is 7.23. The van der Waals surface area contributed by atoms with Crippen LogP contribution in [0.5, 0.6) is 0 Å². The van der Waals surface area contributed by atoms with Crippen molar-refractivity contribution in [2.24, 2.45) is 5.41 Å². The number of hydrogen-bond donors (Lipinski definition) is 1. The lowest BCUT2D eigenvalue weighted by Gasteiger charge is -2.42. The van der Waals surface area contributed by atoms with Gasteiger partial charge in [-0.25, -0.2) is 0 Å². The highest BCUT2D eigenvalue weighted by molar-refractivity contribution is 5.73. The first-order valence-corrected chi connectivity index (χ1v) is 8.22. The van der Waals surface area contributed by atoms with E-state index in [0.29, 0.717) is 6.04 Å². The number of fused-ring (bicyclic) bond motifs is 1. The van der Waals surface area contributed by atoms with Crippen LogP contribution in [0.25, 0.3) is 0 Å². The van der Waals surface area contributed by atoms with Crippen molar-refractivity contribution in [1.29, 1.82) is 0 Å². The van der Waals surface area contributed by atoms with Crippen molar-refractivity contribution in [2.45, 2.75) is 40.2 Å². The minimum Gasteiger partial charge on any atom is -0.371 e. The summed E-state index contributed by atoms with van der Waals surface area (Å²) in [6, 6.07) is 9.28. The SMILES string of the molecule is CCCNC(CN1CCN(C)c2ccccc21)C(C)(C)C. The Balaban J connectivity index is 2.16. The molecule has 0 spiro atoms. The lowest BCUT2D eigenvalue weighted by Crippen LogP contribution is -2.51. The fraction of sp³-hybridized carbons (Fsp3) is 0.667. The third kappa shape index (κ3) is 3.91. The summed E-state index contributed by atoms with van der Waals surface area (Å²) >= 11 is 0. The van der Waals surface area contributed by atoms with E-state index < -0.39 is 0 Å². The standard InChI is InChI=1S/C18H31N3/c1-6-11-19-17(18(2,3)4)14-21-13-12-20(5)15-9-7-8-10-16(15)21/h7-10,17,19H,6,11-14H2,1-5H3. The van der Waals surface area contributed by atoms with Crippen LogP contribution >= 0.6 is 0 Å². The summed E-state index contributed by atoms with van der Waals surface area (Å²) in [5.74, 6) is 0. The molecule has 0 saturated heterocycles. The molecule has 118 valence electrons. The van der Waals surface area contributed by atoms with Crippen molar-refractivity contribution < 1.29 is 0 Å². The highest BCUT2D eigenvalue weighted by Gasteiger charge is 2.28. The van der Waals surface area contributed by atoms with Crippen LogP contribution in [-0.4, -0.2) is 39.3 Å². The van der Waals surface area contributed by atoms with Crippen molar-refractivity contribution >= 4 is 11.4 Å². The lowest BCUT2D eigenvalue weighted by atomic mass is 9.86. The van der Waals surface area contributed by atoms with Gasteiger partial charge in [-0.05, 0) is 30.5 Å². The molecule has 1 atom stereocenters. The average Bonchev–Trinajstić information content (AvgIpc) is 2.44. The predicted molar refractivity (Wildman–Crippen MR) is 93.5 cm³/mol. The summed E-state index contributed by atoms with van der Waals surface area (Å²) in [6.07, 6.45) is 1.19. The van der Waals surface area contributed by atoms with Crippen molar-refractivity contribution in [1.82, 2.24) is 5.32 Å². The van der Waals surface area contributed by atoms with E-state index in [9.17, 15) is 0 Å². The number of hydrogen-bond acceptors (Lipinski definition) is 3. The van der Waals surface area contributed by atoms with Gasteiger partial charge in [-0.3, -0.25) is 0 Å². The molecule has 3 heteroatoms. The van der Waals surface area contributed by atoms with E-state index in [1.54, 1.807) is 0 Å². The third-order valence-corrected chi connectivity index (χ3v) is 4.43. The first-order chi connectivity index (χ1) is 9.93. The fourth-order valence-electron chi connectivity index (χ4n) is 2.94. The minimum atomic E-state index is 0.271. The van der Waals surface area contributed by atoms with Gasteiger partial charge in [0.25, 0.3) is 0 Å². The molecular weight excluding hydrogens is 258 g/mol. The summed E-state index contributed by atoms with van der Waals surface area (Å²) in [5, 5.41) is 3.74. The number of rotatable bonds is 5. The van der Waals surface area contributed by atoms with E-state index in [2.05, 4.69) is 74.1 Å². The Hall–Kier alpha value is -1.22. The number of para-hydroxylation sites is 2. The smallest absolute Gasteiger partial charge is 0.0605 e. The topological polar surface area (TPSA) is 18.5 Å². The summed E-state index contributed by atoms with van der Waals surface area (Å²) in [6.45, 7) is 13.6. The van der Waals surface area contributed by atoms with Gasteiger partial charge in [-0.15, -0.1) is 0 Å². The lowest BCUT2D eigenvalue weighted by molar-refractivity contribution is 0.270. The van der Waals surface area contributed by atoms with Gasteiger partial charge < -0.3 is 15.1 Å². The molecule has 3 nitrogen and oxygen atoms in total. The average molecular weight is 289 g/mol. The number of benzene rings is 1. The molecule has 0 radical (unpaired) electrons. The largest absolute Gasteiger partial charge is 0.371 e. The van der Waals surface area contributed by atoms with Crippen molar-refractivity contribution in [3.8, 4) is 0 Å². The number of anilines is 2. The molecule has 0 amide bonds. The summed E-state index contributed by atoms with van der Waals surface area (Å²) in [7, 11) is 2.19. The highest BCUT2D eigenvalue weighted by atomic mass is 15.3. The Kier molecular flexibility index (Phi) is 5.15. The van der Waals surface area contributed by atoms with Crippen LogP contribution in [0.2, 0.25) is 0 Å². The van der Waals surface area contributed by atoms with E-state index in [1.807, 2.05) is 0 Å². The number of likely N-dealkylation sites (N-methyl/N-ethyl adjacent to an activating group) is 1. The van der Waals surface area contributed by atoms with Crippen molar-refractivity contribution in [3.05, 3.63) is 24.3 Å². The van der Waals surface area contributed by atoms with E-state index in [1.165, 1.54) is 17.8 Å². The van der Waals surface area contributed by atoms with Crippen LogP contribution in [-0.2, 0) is 0 Å². The Labute approximate surface area is 130 Å². The zero-order valence-corrected chi connectivity index (χ0v) is 14.3. The number of nitrogens with zero attached hydrogens (tertiary/aromatic N) is 2. The van der Waals surface area contributed by atoms with Crippen LogP contribution in [0.15, 0.2) is 24.3 Å². The molecular formula is C18H31N3.